The van der Waals surface area contributed by atoms with Crippen LogP contribution in [0, 0.1) is 68.0 Å². The van der Waals surface area contributed by atoms with Crippen LogP contribution in [0.4, 0.5) is 0 Å². The first-order chi connectivity index (χ1) is 21.4. The van der Waals surface area contributed by atoms with Crippen molar-refractivity contribution >= 4 is 17.8 Å². The van der Waals surface area contributed by atoms with Crippen molar-refractivity contribution in [3.05, 3.63) is 12.3 Å². The highest BCUT2D eigenvalue weighted by molar-refractivity contribution is 5.85. The fourth-order valence-electron chi connectivity index (χ4n) is 13.9. The summed E-state index contributed by atoms with van der Waals surface area (Å²) in [6.45, 7) is 22.5. The molecule has 0 unspecified atom stereocenters. The Morgan fingerprint density at radius 1 is 0.804 bits per heavy atom. The fraction of sp³-hybridized carbons (Fsp3) is 0.872. The lowest BCUT2D eigenvalue weighted by Gasteiger charge is -2.73. The second kappa shape index (κ2) is 11.1. The van der Waals surface area contributed by atoms with E-state index >= 15 is 0 Å². The average Bonchev–Trinajstić information content (AvgIpc) is 3.41. The van der Waals surface area contributed by atoms with Crippen molar-refractivity contribution in [3.63, 3.8) is 0 Å². The second-order valence-electron chi connectivity index (χ2n) is 18.9. The molecule has 6 aliphatic rings. The molecule has 0 bridgehead atoms. The lowest BCUT2D eigenvalue weighted by molar-refractivity contribution is -0.240. The average molecular weight is 638 g/mol. The molecule has 0 spiro atoms. The molecule has 46 heavy (non-hydrogen) atoms. The maximum atomic E-state index is 14.4. The van der Waals surface area contributed by atoms with Crippen molar-refractivity contribution < 1.29 is 19.1 Å². The zero-order valence-electron chi connectivity index (χ0n) is 30.2. The number of amides is 2. The molecule has 258 valence electrons. The molecule has 11 atom stereocenters. The van der Waals surface area contributed by atoms with Gasteiger partial charge in [-0.2, -0.15) is 0 Å². The smallest absolute Gasteiger partial charge is 0.311 e. The van der Waals surface area contributed by atoms with E-state index in [0.29, 0.717) is 48.2 Å². The minimum atomic E-state index is -0.301. The Bertz CT molecular complexity index is 1290. The molecule has 0 aromatic rings. The number of nitrogens with two attached hydrogens (primary N) is 1. The molecule has 6 fully saturated rings. The SMILES string of the molecule is C=C(C)OC(=O)C[C@@H]1CC[C@]2(C)[C@H](CC[C@]3(C)[C@@H]2CC[C@@H]2[C@H]4CCC[C@]4(C(=O)N[C@@H]4C[C@H](C(=O)NN)C4(C)C)CC[C@]23C)C1(C)C. The van der Waals surface area contributed by atoms with Gasteiger partial charge in [-0.15, -0.1) is 0 Å². The first-order valence-electron chi connectivity index (χ1n) is 18.6. The van der Waals surface area contributed by atoms with Gasteiger partial charge >= 0.3 is 5.97 Å². The summed E-state index contributed by atoms with van der Waals surface area (Å²) in [5.41, 5.74) is 2.54. The fourth-order valence-corrected chi connectivity index (χ4v) is 13.9. The quantitative estimate of drug-likeness (QED) is 0.0922. The molecule has 0 heterocycles. The molecule has 6 saturated carbocycles. The lowest BCUT2D eigenvalue weighted by Crippen LogP contribution is -2.68. The molecule has 0 aliphatic heterocycles. The number of ether oxygens (including phenoxy) is 1. The number of rotatable bonds is 6. The van der Waals surface area contributed by atoms with Gasteiger partial charge in [0.2, 0.25) is 11.8 Å². The van der Waals surface area contributed by atoms with Gasteiger partial charge in [0.05, 0.1) is 11.2 Å². The molecule has 0 aromatic carbocycles. The van der Waals surface area contributed by atoms with E-state index in [1.54, 1.807) is 6.92 Å². The molecule has 6 aliphatic carbocycles. The first-order valence-corrected chi connectivity index (χ1v) is 18.6. The number of carbonyl (C=O) groups excluding carboxylic acids is 3. The minimum Gasteiger partial charge on any atom is -0.432 e. The van der Waals surface area contributed by atoms with Crippen LogP contribution in [0.15, 0.2) is 12.3 Å². The van der Waals surface area contributed by atoms with E-state index in [1.807, 2.05) is 0 Å². The third-order valence-electron chi connectivity index (χ3n) is 16.8. The zero-order valence-corrected chi connectivity index (χ0v) is 30.2. The van der Waals surface area contributed by atoms with Crippen LogP contribution in [-0.2, 0) is 19.1 Å². The van der Waals surface area contributed by atoms with E-state index in [1.165, 1.54) is 32.1 Å². The molecule has 7 heteroatoms. The van der Waals surface area contributed by atoms with Gasteiger partial charge in [-0.1, -0.05) is 61.5 Å². The van der Waals surface area contributed by atoms with E-state index in [0.717, 1.165) is 38.5 Å². The van der Waals surface area contributed by atoms with Gasteiger partial charge in [-0.05, 0) is 134 Å². The van der Waals surface area contributed by atoms with E-state index in [-0.39, 0.29) is 62.2 Å². The van der Waals surface area contributed by atoms with E-state index in [9.17, 15) is 14.4 Å². The summed E-state index contributed by atoms with van der Waals surface area (Å²) in [4.78, 5) is 39.4. The molecule has 2 amide bonds. The Morgan fingerprint density at radius 3 is 2.17 bits per heavy atom. The molecule has 0 aromatic heterocycles. The topological polar surface area (TPSA) is 111 Å². The van der Waals surface area contributed by atoms with Crippen LogP contribution < -0.4 is 16.6 Å². The molecule has 6 rings (SSSR count). The van der Waals surface area contributed by atoms with Crippen LogP contribution in [-0.4, -0.2) is 23.8 Å². The summed E-state index contributed by atoms with van der Waals surface area (Å²) in [7, 11) is 0. The molecule has 7 nitrogen and oxygen atoms in total. The van der Waals surface area contributed by atoms with Crippen molar-refractivity contribution in [3.8, 4) is 0 Å². The largest absolute Gasteiger partial charge is 0.432 e. The van der Waals surface area contributed by atoms with Crippen LogP contribution in [0.1, 0.15) is 139 Å². The molecule has 0 saturated heterocycles. The summed E-state index contributed by atoms with van der Waals surface area (Å²) < 4.78 is 5.42. The molecular weight excluding hydrogens is 574 g/mol. The molecule has 0 radical (unpaired) electrons. The predicted octanol–water partition coefficient (Wildman–Crippen LogP) is 7.45. The van der Waals surface area contributed by atoms with E-state index in [4.69, 9.17) is 10.6 Å². The predicted molar refractivity (Wildman–Crippen MR) is 180 cm³/mol. The summed E-state index contributed by atoms with van der Waals surface area (Å²) >= 11 is 0. The molecule has 4 N–H and O–H groups in total. The number of hydrogen-bond acceptors (Lipinski definition) is 5. The number of hydrogen-bond donors (Lipinski definition) is 3. The van der Waals surface area contributed by atoms with Gasteiger partial charge in [0.25, 0.3) is 0 Å². The Hall–Kier alpha value is -1.89. The number of fused-ring (bicyclic) bond motifs is 7. The van der Waals surface area contributed by atoms with E-state index < -0.39 is 0 Å². The highest BCUT2D eigenvalue weighted by Gasteiger charge is 2.71. The number of allylic oxidation sites excluding steroid dienone is 1. The number of nitrogens with one attached hydrogen (secondary N) is 2. The van der Waals surface area contributed by atoms with Gasteiger partial charge < -0.3 is 10.1 Å². The Labute approximate surface area is 278 Å². The van der Waals surface area contributed by atoms with Gasteiger partial charge in [-0.3, -0.25) is 19.8 Å². The van der Waals surface area contributed by atoms with Crippen molar-refractivity contribution in [1.29, 1.82) is 0 Å². The summed E-state index contributed by atoms with van der Waals surface area (Å²) in [5.74, 6) is 8.37. The number of hydrazine groups is 1. The Kier molecular flexibility index (Phi) is 8.18. The highest BCUT2D eigenvalue weighted by Crippen LogP contribution is 2.77. The Balaban J connectivity index is 1.21. The van der Waals surface area contributed by atoms with Gasteiger partial charge in [0.1, 0.15) is 0 Å². The summed E-state index contributed by atoms with van der Waals surface area (Å²) in [6.07, 6.45) is 13.8. The lowest BCUT2D eigenvalue weighted by atomic mass is 9.32. The summed E-state index contributed by atoms with van der Waals surface area (Å²) in [5, 5.41) is 3.50. The normalized spacial score (nSPS) is 46.7. The molecular formula is C39H63N3O4. The van der Waals surface area contributed by atoms with Gasteiger partial charge in [0, 0.05) is 18.4 Å². The zero-order chi connectivity index (χ0) is 33.7. The van der Waals surface area contributed by atoms with Crippen molar-refractivity contribution in [1.82, 2.24) is 10.7 Å². The van der Waals surface area contributed by atoms with Crippen LogP contribution in [0.2, 0.25) is 0 Å². The van der Waals surface area contributed by atoms with Crippen LogP contribution in [0.3, 0.4) is 0 Å². The number of carbonyl (C=O) groups is 3. The maximum absolute atomic E-state index is 14.4. The second-order valence-corrected chi connectivity index (χ2v) is 18.9. The summed E-state index contributed by atoms with van der Waals surface area (Å²) in [6, 6.07) is 0.0100. The third kappa shape index (κ3) is 4.62. The monoisotopic (exact) mass is 637 g/mol. The van der Waals surface area contributed by atoms with Gasteiger partial charge in [-0.25, -0.2) is 5.84 Å². The van der Waals surface area contributed by atoms with Crippen LogP contribution >= 0.6 is 0 Å². The minimum absolute atomic E-state index is 0.0100. The standard InChI is InChI=1S/C39H63N3O4/c1-23(2)46-31(43)21-24-14-17-36(7)28(34(24,3)4)15-18-38(9)29(36)13-12-25-26-11-10-16-39(26,20-19-37(25,38)8)33(45)41-30-22-27(32(44)42-40)35(30,5)6/h24-30H,1,10-22,40H2,2-9H3,(H,41,45)(H,42,44)/t24-,25+,26+,27+,28+,29+,30+,36+,37+,38+,39-/m0/s1. The van der Waals surface area contributed by atoms with Crippen molar-refractivity contribution in [2.75, 3.05) is 0 Å². The first kappa shape index (κ1) is 34.0. The van der Waals surface area contributed by atoms with Gasteiger partial charge in [0.15, 0.2) is 0 Å². The third-order valence-corrected chi connectivity index (χ3v) is 16.8. The Morgan fingerprint density at radius 2 is 1.52 bits per heavy atom. The van der Waals surface area contributed by atoms with Crippen LogP contribution in [0.5, 0.6) is 0 Å². The van der Waals surface area contributed by atoms with Crippen molar-refractivity contribution in [2.45, 2.75) is 145 Å². The number of esters is 1. The van der Waals surface area contributed by atoms with E-state index in [2.05, 4.69) is 65.8 Å². The van der Waals surface area contributed by atoms with Crippen molar-refractivity contribution in [2.24, 2.45) is 73.8 Å². The van der Waals surface area contributed by atoms with Crippen LogP contribution in [0.25, 0.3) is 0 Å². The maximum Gasteiger partial charge on any atom is 0.311 e. The highest BCUT2D eigenvalue weighted by atomic mass is 16.5.